The Labute approximate surface area is 172 Å². The van der Waals surface area contributed by atoms with Gasteiger partial charge < -0.3 is 14.2 Å². The van der Waals surface area contributed by atoms with Gasteiger partial charge in [-0.2, -0.15) is 0 Å². The number of carbonyl (C=O) groups is 1. The number of hydrogen-bond donors (Lipinski definition) is 0. The summed E-state index contributed by atoms with van der Waals surface area (Å²) < 4.78 is 5.95. The summed E-state index contributed by atoms with van der Waals surface area (Å²) in [6.45, 7) is 6.25. The van der Waals surface area contributed by atoms with Crippen LogP contribution in [0.4, 0.5) is 0 Å². The lowest BCUT2D eigenvalue weighted by Crippen LogP contribution is -2.35. The van der Waals surface area contributed by atoms with E-state index in [2.05, 4.69) is 17.5 Å². The van der Waals surface area contributed by atoms with E-state index in [1.807, 2.05) is 73.6 Å². The third kappa shape index (κ3) is 4.17. The Morgan fingerprint density at radius 3 is 2.38 bits per heavy atom. The second-order valence-corrected chi connectivity index (χ2v) is 7.80. The molecule has 148 valence electrons. The van der Waals surface area contributed by atoms with Crippen molar-refractivity contribution in [3.05, 3.63) is 101 Å². The fourth-order valence-corrected chi connectivity index (χ4v) is 3.76. The van der Waals surface area contributed by atoms with Gasteiger partial charge in [0.25, 0.3) is 5.91 Å². The van der Waals surface area contributed by atoms with E-state index in [9.17, 15) is 4.79 Å². The Morgan fingerprint density at radius 2 is 1.69 bits per heavy atom. The fraction of sp³-hybridized carbons (Fsp3) is 0.240. The molecule has 2 heterocycles. The van der Waals surface area contributed by atoms with Crippen molar-refractivity contribution >= 4 is 11.5 Å². The van der Waals surface area contributed by atoms with E-state index in [4.69, 9.17) is 4.42 Å². The van der Waals surface area contributed by atoms with Crippen LogP contribution in [0.5, 0.6) is 0 Å². The van der Waals surface area contributed by atoms with Crippen LogP contribution in [0.25, 0.3) is 5.57 Å². The van der Waals surface area contributed by atoms with Gasteiger partial charge in [0.05, 0.1) is 6.54 Å². The predicted octanol–water partition coefficient (Wildman–Crippen LogP) is 4.60. The molecule has 0 N–H and O–H groups in total. The summed E-state index contributed by atoms with van der Waals surface area (Å²) in [5.74, 6) is 2.03. The Hall–Kier alpha value is -3.11. The molecular weight excluding hydrogens is 360 g/mol. The Morgan fingerprint density at radius 1 is 1.03 bits per heavy atom. The molecule has 4 nitrogen and oxygen atoms in total. The lowest BCUT2D eigenvalue weighted by Gasteiger charge is -2.26. The number of benzene rings is 2. The molecule has 1 amide bonds. The average molecular weight is 386 g/mol. The standard InChI is InChI=1S/C25H26N2O2/c1-18(19-7-5-4-6-8-19)20-9-11-21(12-10-20)25(28)27-14-13-24-22(16-27)15-23(29-24)17-26(2)3/h4-12,15H,1,13-14,16-17H2,2-3H3. The van der Waals surface area contributed by atoms with Crippen molar-refractivity contribution in [2.45, 2.75) is 19.5 Å². The molecule has 0 unspecified atom stereocenters. The van der Waals surface area contributed by atoms with Gasteiger partial charge in [0.1, 0.15) is 11.5 Å². The van der Waals surface area contributed by atoms with E-state index >= 15 is 0 Å². The number of hydrogen-bond acceptors (Lipinski definition) is 3. The third-order valence-electron chi connectivity index (χ3n) is 5.28. The number of nitrogens with zero attached hydrogens (tertiary/aromatic N) is 2. The van der Waals surface area contributed by atoms with Crippen LogP contribution in [0.3, 0.4) is 0 Å². The van der Waals surface area contributed by atoms with E-state index in [0.29, 0.717) is 18.7 Å². The first-order valence-corrected chi connectivity index (χ1v) is 9.90. The monoisotopic (exact) mass is 386 g/mol. The highest BCUT2D eigenvalue weighted by Gasteiger charge is 2.25. The SMILES string of the molecule is C=C(c1ccccc1)c1ccc(C(=O)N2CCc3oc(CN(C)C)cc3C2)cc1. The molecule has 4 heteroatoms. The molecule has 0 aliphatic carbocycles. The molecule has 0 atom stereocenters. The fourth-order valence-electron chi connectivity index (χ4n) is 3.76. The van der Waals surface area contributed by atoms with Gasteiger partial charge in [0, 0.05) is 30.6 Å². The van der Waals surface area contributed by atoms with Crippen LogP contribution in [0.15, 0.2) is 71.7 Å². The molecule has 0 spiro atoms. The summed E-state index contributed by atoms with van der Waals surface area (Å²) in [5.41, 5.74) is 4.89. The van der Waals surface area contributed by atoms with Gasteiger partial charge in [-0.15, -0.1) is 0 Å². The molecule has 29 heavy (non-hydrogen) atoms. The molecule has 1 aliphatic rings. The van der Waals surface area contributed by atoms with Crippen LogP contribution in [0.1, 0.15) is 38.6 Å². The van der Waals surface area contributed by atoms with Gasteiger partial charge in [-0.1, -0.05) is 49.0 Å². The van der Waals surface area contributed by atoms with Gasteiger partial charge in [-0.05, 0) is 49.0 Å². The largest absolute Gasteiger partial charge is 0.464 e. The first-order chi connectivity index (χ1) is 14.0. The lowest BCUT2D eigenvalue weighted by molar-refractivity contribution is 0.0729. The average Bonchev–Trinajstić information content (AvgIpc) is 3.14. The number of furan rings is 1. The normalized spacial score (nSPS) is 13.4. The van der Waals surface area contributed by atoms with Gasteiger partial charge >= 0.3 is 0 Å². The summed E-state index contributed by atoms with van der Waals surface area (Å²) in [4.78, 5) is 17.0. The van der Waals surface area contributed by atoms with Crippen molar-refractivity contribution in [3.63, 3.8) is 0 Å². The molecule has 1 aromatic heterocycles. The maximum absolute atomic E-state index is 13.0. The second kappa shape index (κ2) is 8.10. The van der Waals surface area contributed by atoms with Crippen LogP contribution in [0.2, 0.25) is 0 Å². The minimum absolute atomic E-state index is 0.0582. The zero-order valence-electron chi connectivity index (χ0n) is 17.0. The molecule has 0 saturated carbocycles. The summed E-state index contributed by atoms with van der Waals surface area (Å²) >= 11 is 0. The van der Waals surface area contributed by atoms with Crippen molar-refractivity contribution in [1.82, 2.24) is 9.80 Å². The zero-order chi connectivity index (χ0) is 20.4. The van der Waals surface area contributed by atoms with Crippen molar-refractivity contribution in [2.24, 2.45) is 0 Å². The molecule has 0 radical (unpaired) electrons. The zero-order valence-corrected chi connectivity index (χ0v) is 17.0. The molecule has 4 rings (SSSR count). The molecule has 0 saturated heterocycles. The van der Waals surface area contributed by atoms with Crippen LogP contribution in [-0.2, 0) is 19.5 Å². The van der Waals surface area contributed by atoms with Crippen LogP contribution in [0, 0.1) is 0 Å². The molecule has 0 fully saturated rings. The van der Waals surface area contributed by atoms with E-state index in [1.165, 1.54) is 0 Å². The van der Waals surface area contributed by atoms with Crippen LogP contribution in [-0.4, -0.2) is 36.3 Å². The van der Waals surface area contributed by atoms with Gasteiger partial charge in [-0.3, -0.25) is 4.79 Å². The lowest BCUT2D eigenvalue weighted by atomic mass is 9.98. The summed E-state index contributed by atoms with van der Waals surface area (Å²) in [7, 11) is 4.04. The highest BCUT2D eigenvalue weighted by molar-refractivity contribution is 5.95. The van der Waals surface area contributed by atoms with E-state index in [1.54, 1.807) is 0 Å². The molecule has 0 bridgehead atoms. The first-order valence-electron chi connectivity index (χ1n) is 9.90. The van der Waals surface area contributed by atoms with Gasteiger partial charge in [-0.25, -0.2) is 0 Å². The van der Waals surface area contributed by atoms with Crippen LogP contribution < -0.4 is 0 Å². The Balaban J connectivity index is 1.46. The number of carbonyl (C=O) groups excluding carboxylic acids is 1. The first kappa shape index (κ1) is 19.2. The summed E-state index contributed by atoms with van der Waals surface area (Å²) in [6.07, 6.45) is 0.761. The quantitative estimate of drug-likeness (QED) is 0.643. The van der Waals surface area contributed by atoms with E-state index < -0.39 is 0 Å². The van der Waals surface area contributed by atoms with Crippen molar-refractivity contribution < 1.29 is 9.21 Å². The van der Waals surface area contributed by atoms with E-state index in [0.717, 1.165) is 46.7 Å². The Kier molecular flexibility index (Phi) is 5.36. The number of amides is 1. The second-order valence-electron chi connectivity index (χ2n) is 7.80. The van der Waals surface area contributed by atoms with E-state index in [-0.39, 0.29) is 5.91 Å². The highest BCUT2D eigenvalue weighted by atomic mass is 16.3. The summed E-state index contributed by atoms with van der Waals surface area (Å²) in [6, 6.07) is 19.9. The minimum Gasteiger partial charge on any atom is -0.464 e. The molecule has 3 aromatic rings. The highest BCUT2D eigenvalue weighted by Crippen LogP contribution is 2.26. The van der Waals surface area contributed by atoms with Crippen LogP contribution >= 0.6 is 0 Å². The summed E-state index contributed by atoms with van der Waals surface area (Å²) in [5, 5.41) is 0. The van der Waals surface area contributed by atoms with Gasteiger partial charge in [0.2, 0.25) is 0 Å². The molecule has 1 aliphatic heterocycles. The smallest absolute Gasteiger partial charge is 0.254 e. The number of fused-ring (bicyclic) bond motifs is 1. The van der Waals surface area contributed by atoms with Gasteiger partial charge in [0.15, 0.2) is 0 Å². The minimum atomic E-state index is 0.0582. The molecule has 2 aromatic carbocycles. The van der Waals surface area contributed by atoms with Crippen molar-refractivity contribution in [3.8, 4) is 0 Å². The number of rotatable bonds is 5. The van der Waals surface area contributed by atoms with Crippen molar-refractivity contribution in [1.29, 1.82) is 0 Å². The van der Waals surface area contributed by atoms with Crippen molar-refractivity contribution in [2.75, 3.05) is 20.6 Å². The maximum atomic E-state index is 13.0. The topological polar surface area (TPSA) is 36.7 Å². The third-order valence-corrected chi connectivity index (χ3v) is 5.28. The maximum Gasteiger partial charge on any atom is 0.254 e. The predicted molar refractivity (Wildman–Crippen MR) is 116 cm³/mol. The molecular formula is C25H26N2O2. The Bertz CT molecular complexity index is 1020.